The molecule has 1 aromatic heterocycles. The van der Waals surface area contributed by atoms with Gasteiger partial charge in [-0.05, 0) is 73.2 Å². The van der Waals surface area contributed by atoms with Gasteiger partial charge in [-0.2, -0.15) is 0 Å². The van der Waals surface area contributed by atoms with E-state index in [2.05, 4.69) is 4.98 Å². The fourth-order valence-electron chi connectivity index (χ4n) is 3.39. The number of phenolic OH excluding ortho intramolecular Hbond substituents is 2. The van der Waals surface area contributed by atoms with Crippen molar-refractivity contribution in [3.63, 3.8) is 0 Å². The van der Waals surface area contributed by atoms with E-state index in [4.69, 9.17) is 0 Å². The maximum absolute atomic E-state index is 10.1. The highest BCUT2D eigenvalue weighted by Gasteiger charge is 2.21. The third-order valence-corrected chi connectivity index (χ3v) is 4.68. The molecular formula is C22H23NO2. The Kier molecular flexibility index (Phi) is 4.49. The molecule has 0 aliphatic rings. The van der Waals surface area contributed by atoms with Gasteiger partial charge in [-0.15, -0.1) is 0 Å². The van der Waals surface area contributed by atoms with Gasteiger partial charge in [0, 0.05) is 6.20 Å². The van der Waals surface area contributed by atoms with Gasteiger partial charge in [-0.1, -0.05) is 30.3 Å². The van der Waals surface area contributed by atoms with Crippen LogP contribution in [-0.2, 0) is 0 Å². The molecular weight excluding hydrogens is 310 g/mol. The first-order valence-corrected chi connectivity index (χ1v) is 8.39. The van der Waals surface area contributed by atoms with E-state index in [0.29, 0.717) is 11.5 Å². The van der Waals surface area contributed by atoms with Crippen molar-refractivity contribution in [2.24, 2.45) is 0 Å². The van der Waals surface area contributed by atoms with Crippen LogP contribution < -0.4 is 0 Å². The normalized spacial score (nSPS) is 11.1. The topological polar surface area (TPSA) is 53.4 Å². The van der Waals surface area contributed by atoms with Crippen LogP contribution in [0.4, 0.5) is 0 Å². The number of hydrogen-bond donors (Lipinski definition) is 2. The molecule has 0 unspecified atom stereocenters. The van der Waals surface area contributed by atoms with E-state index in [1.54, 1.807) is 6.20 Å². The van der Waals surface area contributed by atoms with Crippen molar-refractivity contribution in [2.75, 3.05) is 0 Å². The summed E-state index contributed by atoms with van der Waals surface area (Å²) in [5.74, 6) is 0.611. The van der Waals surface area contributed by atoms with Crippen molar-refractivity contribution in [3.8, 4) is 11.5 Å². The average molecular weight is 333 g/mol. The Labute approximate surface area is 148 Å². The highest BCUT2D eigenvalue weighted by Crippen LogP contribution is 2.37. The summed E-state index contributed by atoms with van der Waals surface area (Å²) < 4.78 is 0. The molecule has 0 fully saturated rings. The third-order valence-electron chi connectivity index (χ3n) is 4.68. The molecule has 3 nitrogen and oxygen atoms in total. The van der Waals surface area contributed by atoms with Crippen molar-refractivity contribution in [3.05, 3.63) is 87.7 Å². The van der Waals surface area contributed by atoms with E-state index in [1.807, 2.05) is 70.2 Å². The molecule has 0 aliphatic carbocycles. The summed E-state index contributed by atoms with van der Waals surface area (Å²) in [6.45, 7) is 7.65. The Hall–Kier alpha value is -2.81. The van der Waals surface area contributed by atoms with Crippen LogP contribution in [0.15, 0.2) is 48.7 Å². The van der Waals surface area contributed by atoms with Gasteiger partial charge in [0.15, 0.2) is 0 Å². The van der Waals surface area contributed by atoms with E-state index < -0.39 is 0 Å². The zero-order chi connectivity index (χ0) is 18.1. The zero-order valence-corrected chi connectivity index (χ0v) is 15.0. The van der Waals surface area contributed by atoms with Crippen LogP contribution in [0.25, 0.3) is 0 Å². The van der Waals surface area contributed by atoms with Crippen molar-refractivity contribution in [2.45, 2.75) is 33.6 Å². The molecule has 0 atom stereocenters. The average Bonchev–Trinajstić information content (AvgIpc) is 2.58. The Bertz CT molecular complexity index is 813. The van der Waals surface area contributed by atoms with Crippen LogP contribution in [0, 0.1) is 27.7 Å². The second-order valence-corrected chi connectivity index (χ2v) is 6.69. The molecule has 2 N–H and O–H groups in total. The van der Waals surface area contributed by atoms with Gasteiger partial charge in [-0.25, -0.2) is 0 Å². The third kappa shape index (κ3) is 3.22. The van der Waals surface area contributed by atoms with Crippen LogP contribution in [0.3, 0.4) is 0 Å². The minimum Gasteiger partial charge on any atom is -0.507 e. The van der Waals surface area contributed by atoms with Gasteiger partial charge in [0.1, 0.15) is 11.5 Å². The quantitative estimate of drug-likeness (QED) is 0.716. The van der Waals surface area contributed by atoms with Crippen LogP contribution >= 0.6 is 0 Å². The first kappa shape index (κ1) is 17.0. The van der Waals surface area contributed by atoms with Gasteiger partial charge < -0.3 is 10.2 Å². The molecule has 3 aromatic rings. The molecule has 0 saturated heterocycles. The lowest BCUT2D eigenvalue weighted by Crippen LogP contribution is -2.07. The highest BCUT2D eigenvalue weighted by molar-refractivity contribution is 5.52. The van der Waals surface area contributed by atoms with E-state index >= 15 is 0 Å². The van der Waals surface area contributed by atoms with Gasteiger partial charge in [0.05, 0.1) is 11.6 Å². The summed E-state index contributed by atoms with van der Waals surface area (Å²) in [4.78, 5) is 4.57. The second-order valence-electron chi connectivity index (χ2n) is 6.69. The lowest BCUT2D eigenvalue weighted by Gasteiger charge is -2.21. The monoisotopic (exact) mass is 333 g/mol. The number of hydrogen-bond acceptors (Lipinski definition) is 3. The largest absolute Gasteiger partial charge is 0.507 e. The second kappa shape index (κ2) is 6.60. The molecule has 0 spiro atoms. The maximum atomic E-state index is 10.1. The summed E-state index contributed by atoms with van der Waals surface area (Å²) in [6, 6.07) is 14.0. The number of nitrogens with zero attached hydrogens (tertiary/aromatic N) is 1. The molecule has 3 heteroatoms. The molecule has 3 rings (SSSR count). The zero-order valence-electron chi connectivity index (χ0n) is 15.0. The summed E-state index contributed by atoms with van der Waals surface area (Å²) in [7, 11) is 0. The number of aromatic hydroxyl groups is 2. The molecule has 0 aliphatic heterocycles. The first-order chi connectivity index (χ1) is 11.9. The SMILES string of the molecule is Cc1cc(C(c2cc(C)c(O)c(C)c2)c2ccccn2)cc(C)c1O. The molecule has 1 heterocycles. The summed E-state index contributed by atoms with van der Waals surface area (Å²) in [6.07, 6.45) is 1.79. The molecule has 0 saturated carbocycles. The molecule has 0 amide bonds. The minimum atomic E-state index is -0.0581. The van der Waals surface area contributed by atoms with Gasteiger partial charge in [0.2, 0.25) is 0 Å². The fourth-order valence-corrected chi connectivity index (χ4v) is 3.39. The molecule has 25 heavy (non-hydrogen) atoms. The van der Waals surface area contributed by atoms with Crippen molar-refractivity contribution in [1.29, 1.82) is 0 Å². The summed E-state index contributed by atoms with van der Waals surface area (Å²) >= 11 is 0. The smallest absolute Gasteiger partial charge is 0.121 e. The Morgan fingerprint density at radius 2 is 1.16 bits per heavy atom. The lowest BCUT2D eigenvalue weighted by atomic mass is 9.85. The van der Waals surface area contributed by atoms with Gasteiger partial charge >= 0.3 is 0 Å². The Morgan fingerprint density at radius 3 is 1.52 bits per heavy atom. The molecule has 128 valence electrons. The number of benzene rings is 2. The molecule has 0 radical (unpaired) electrons. The van der Waals surface area contributed by atoms with Gasteiger partial charge in [-0.3, -0.25) is 4.98 Å². The summed E-state index contributed by atoms with van der Waals surface area (Å²) in [5, 5.41) is 20.3. The Morgan fingerprint density at radius 1 is 0.720 bits per heavy atom. The number of pyridine rings is 1. The predicted octanol–water partition coefficient (Wildman–Crippen LogP) is 4.91. The number of aryl methyl sites for hydroxylation is 4. The Balaban J connectivity index is 2.25. The van der Waals surface area contributed by atoms with Crippen LogP contribution in [0.5, 0.6) is 11.5 Å². The van der Waals surface area contributed by atoms with Crippen molar-refractivity contribution < 1.29 is 10.2 Å². The molecule has 0 bridgehead atoms. The predicted molar refractivity (Wildman–Crippen MR) is 100 cm³/mol. The standard InChI is InChI=1S/C22H23NO2/c1-13-9-17(10-14(2)21(13)24)20(19-7-5-6-8-23-19)18-11-15(3)22(25)16(4)12-18/h5-12,20,24-25H,1-4H3. The molecule has 2 aromatic carbocycles. The van der Waals surface area contributed by atoms with E-state index in [0.717, 1.165) is 39.1 Å². The lowest BCUT2D eigenvalue weighted by molar-refractivity contribution is 0.466. The maximum Gasteiger partial charge on any atom is 0.121 e. The van der Waals surface area contributed by atoms with Crippen LogP contribution in [-0.4, -0.2) is 15.2 Å². The van der Waals surface area contributed by atoms with Gasteiger partial charge in [0.25, 0.3) is 0 Å². The van der Waals surface area contributed by atoms with Crippen molar-refractivity contribution >= 4 is 0 Å². The number of aromatic nitrogens is 1. The van der Waals surface area contributed by atoms with E-state index in [-0.39, 0.29) is 5.92 Å². The minimum absolute atomic E-state index is 0.0581. The number of rotatable bonds is 3. The summed E-state index contributed by atoms with van der Waals surface area (Å²) in [5.41, 5.74) is 6.50. The highest BCUT2D eigenvalue weighted by atomic mass is 16.3. The number of phenols is 2. The van der Waals surface area contributed by atoms with Crippen LogP contribution in [0.1, 0.15) is 45.0 Å². The van der Waals surface area contributed by atoms with E-state index in [1.165, 1.54) is 0 Å². The van der Waals surface area contributed by atoms with Crippen molar-refractivity contribution in [1.82, 2.24) is 4.98 Å². The van der Waals surface area contributed by atoms with Crippen LogP contribution in [0.2, 0.25) is 0 Å². The fraction of sp³-hybridized carbons (Fsp3) is 0.227. The first-order valence-electron chi connectivity index (χ1n) is 8.39. The van der Waals surface area contributed by atoms with E-state index in [9.17, 15) is 10.2 Å².